The minimum absolute atomic E-state index is 0.0180. The summed E-state index contributed by atoms with van der Waals surface area (Å²) in [5.41, 5.74) is 1.41. The van der Waals surface area contributed by atoms with Crippen molar-refractivity contribution in [1.82, 2.24) is 9.78 Å². The molecule has 0 bridgehead atoms. The molecule has 10 heteroatoms. The summed E-state index contributed by atoms with van der Waals surface area (Å²) < 4.78 is 30.4. The van der Waals surface area contributed by atoms with Gasteiger partial charge in [0.25, 0.3) is 0 Å². The molecule has 0 spiro atoms. The summed E-state index contributed by atoms with van der Waals surface area (Å²) in [6, 6.07) is 8.55. The van der Waals surface area contributed by atoms with Gasteiger partial charge in [-0.25, -0.2) is 13.1 Å². The van der Waals surface area contributed by atoms with Crippen LogP contribution in [-0.4, -0.2) is 55.2 Å². The van der Waals surface area contributed by atoms with Gasteiger partial charge in [0.1, 0.15) is 11.6 Å². The molecule has 2 aliphatic rings. The lowest BCUT2D eigenvalue weighted by molar-refractivity contribution is -0.122. The molecular formula is C20H24N4O5S. The van der Waals surface area contributed by atoms with E-state index in [4.69, 9.17) is 4.74 Å². The predicted octanol–water partition coefficient (Wildman–Crippen LogP) is 1.55. The number of methoxy groups -OCH3 is 1. The first kappa shape index (κ1) is 20.4. The van der Waals surface area contributed by atoms with Crippen LogP contribution in [0.3, 0.4) is 0 Å². The molecule has 2 saturated heterocycles. The first-order chi connectivity index (χ1) is 14.3. The first-order valence-corrected chi connectivity index (χ1v) is 11.6. The number of carbonyl (C=O) groups is 2. The highest BCUT2D eigenvalue weighted by Crippen LogP contribution is 2.30. The summed E-state index contributed by atoms with van der Waals surface area (Å²) in [7, 11) is -1.51. The van der Waals surface area contributed by atoms with Gasteiger partial charge in [0, 0.05) is 24.7 Å². The van der Waals surface area contributed by atoms with Crippen LogP contribution in [0.25, 0.3) is 0 Å². The van der Waals surface area contributed by atoms with E-state index in [2.05, 4.69) is 10.4 Å². The SMILES string of the molecule is COc1ccc(N2C[C@H](C(=O)Nc3cc(C)nn3[C@@H]3CCS(=O)(=O)C3)CC2=O)cc1. The van der Waals surface area contributed by atoms with E-state index >= 15 is 0 Å². The Balaban J connectivity index is 1.46. The van der Waals surface area contributed by atoms with Gasteiger partial charge in [-0.3, -0.25) is 9.59 Å². The summed E-state index contributed by atoms with van der Waals surface area (Å²) in [5, 5.41) is 7.24. The summed E-state index contributed by atoms with van der Waals surface area (Å²) >= 11 is 0. The Morgan fingerprint density at radius 3 is 2.63 bits per heavy atom. The third kappa shape index (κ3) is 4.04. The molecule has 160 valence electrons. The molecule has 2 atom stereocenters. The van der Waals surface area contributed by atoms with Crippen LogP contribution in [0.15, 0.2) is 30.3 Å². The van der Waals surface area contributed by atoms with Crippen molar-refractivity contribution < 1.29 is 22.7 Å². The number of sulfone groups is 1. The number of anilines is 2. The standard InChI is InChI=1S/C20H24N4O5S/c1-13-9-18(24(22-13)16-7-8-30(27,28)12-16)21-20(26)14-10-19(25)23(11-14)15-3-5-17(29-2)6-4-15/h3-6,9,14,16H,7-8,10-12H2,1-2H3,(H,21,26)/t14-,16-/m1/s1. The fraction of sp³-hybridized carbons (Fsp3) is 0.450. The summed E-state index contributed by atoms with van der Waals surface area (Å²) in [6.07, 6.45) is 0.586. The van der Waals surface area contributed by atoms with E-state index in [1.165, 1.54) is 0 Å². The summed E-state index contributed by atoms with van der Waals surface area (Å²) in [5.74, 6) is 0.401. The maximum Gasteiger partial charge on any atom is 0.230 e. The van der Waals surface area contributed by atoms with Crippen LogP contribution >= 0.6 is 0 Å². The van der Waals surface area contributed by atoms with E-state index in [1.54, 1.807) is 53.9 Å². The van der Waals surface area contributed by atoms with Gasteiger partial charge in [-0.2, -0.15) is 5.10 Å². The molecule has 2 aliphatic heterocycles. The third-order valence-corrected chi connectivity index (χ3v) is 7.29. The molecule has 1 aromatic heterocycles. The van der Waals surface area contributed by atoms with E-state index in [1.807, 2.05) is 0 Å². The molecule has 2 amide bonds. The molecule has 4 rings (SSSR count). The van der Waals surface area contributed by atoms with Crippen molar-refractivity contribution in [3.8, 4) is 5.75 Å². The van der Waals surface area contributed by atoms with Crippen molar-refractivity contribution in [1.29, 1.82) is 0 Å². The molecule has 9 nitrogen and oxygen atoms in total. The van der Waals surface area contributed by atoms with Gasteiger partial charge in [0.2, 0.25) is 11.8 Å². The van der Waals surface area contributed by atoms with Crippen LogP contribution in [0.1, 0.15) is 24.6 Å². The monoisotopic (exact) mass is 432 g/mol. The fourth-order valence-electron chi connectivity index (χ4n) is 3.98. The first-order valence-electron chi connectivity index (χ1n) is 9.77. The number of rotatable bonds is 5. The minimum Gasteiger partial charge on any atom is -0.497 e. The second kappa shape index (κ2) is 7.75. The molecule has 0 saturated carbocycles. The molecular weight excluding hydrogens is 408 g/mol. The molecule has 3 heterocycles. The lowest BCUT2D eigenvalue weighted by Gasteiger charge is -2.18. The fourth-order valence-corrected chi connectivity index (χ4v) is 5.67. The van der Waals surface area contributed by atoms with Crippen molar-refractivity contribution >= 4 is 33.2 Å². The number of hydrogen-bond acceptors (Lipinski definition) is 6. The molecule has 2 aromatic rings. The van der Waals surface area contributed by atoms with Crippen LogP contribution in [0, 0.1) is 12.8 Å². The Hall–Kier alpha value is -2.88. The topological polar surface area (TPSA) is 111 Å². The average molecular weight is 433 g/mol. The van der Waals surface area contributed by atoms with E-state index in [0.29, 0.717) is 29.4 Å². The molecule has 2 fully saturated rings. The summed E-state index contributed by atoms with van der Waals surface area (Å²) in [4.78, 5) is 26.9. The number of benzene rings is 1. The van der Waals surface area contributed by atoms with Crippen LogP contribution in [0.2, 0.25) is 0 Å². The van der Waals surface area contributed by atoms with E-state index in [0.717, 1.165) is 0 Å². The lowest BCUT2D eigenvalue weighted by Crippen LogP contribution is -2.29. The van der Waals surface area contributed by atoms with Gasteiger partial charge in [-0.05, 0) is 37.6 Å². The Morgan fingerprint density at radius 1 is 1.27 bits per heavy atom. The number of ether oxygens (including phenoxy) is 1. The maximum absolute atomic E-state index is 12.9. The van der Waals surface area contributed by atoms with Gasteiger partial charge < -0.3 is 15.0 Å². The Kier molecular flexibility index (Phi) is 5.27. The number of aromatic nitrogens is 2. The number of hydrogen-bond donors (Lipinski definition) is 1. The smallest absolute Gasteiger partial charge is 0.230 e. The number of nitrogens with zero attached hydrogens (tertiary/aromatic N) is 3. The Labute approximate surface area is 174 Å². The second-order valence-corrected chi connectivity index (χ2v) is 9.99. The zero-order chi connectivity index (χ0) is 21.5. The third-order valence-electron chi connectivity index (χ3n) is 5.54. The van der Waals surface area contributed by atoms with Gasteiger partial charge in [-0.1, -0.05) is 0 Å². The van der Waals surface area contributed by atoms with Gasteiger partial charge in [-0.15, -0.1) is 0 Å². The normalized spacial score (nSPS) is 23.0. The number of carbonyl (C=O) groups excluding carboxylic acids is 2. The van der Waals surface area contributed by atoms with Crippen molar-refractivity contribution in [2.45, 2.75) is 25.8 Å². The van der Waals surface area contributed by atoms with E-state index < -0.39 is 15.8 Å². The molecule has 0 unspecified atom stereocenters. The zero-order valence-corrected chi connectivity index (χ0v) is 17.7. The predicted molar refractivity (Wildman–Crippen MR) is 111 cm³/mol. The minimum atomic E-state index is -3.08. The largest absolute Gasteiger partial charge is 0.497 e. The molecule has 0 radical (unpaired) electrons. The van der Waals surface area contributed by atoms with Gasteiger partial charge >= 0.3 is 0 Å². The average Bonchev–Trinajstić information content (AvgIpc) is 3.38. The van der Waals surface area contributed by atoms with E-state index in [9.17, 15) is 18.0 Å². The van der Waals surface area contributed by atoms with E-state index in [-0.39, 0.29) is 42.3 Å². The highest BCUT2D eigenvalue weighted by molar-refractivity contribution is 7.91. The zero-order valence-electron chi connectivity index (χ0n) is 16.9. The van der Waals surface area contributed by atoms with Crippen molar-refractivity contribution in [3.63, 3.8) is 0 Å². The van der Waals surface area contributed by atoms with Crippen LogP contribution in [0.4, 0.5) is 11.5 Å². The maximum atomic E-state index is 12.9. The van der Waals surface area contributed by atoms with Crippen molar-refractivity contribution in [3.05, 3.63) is 36.0 Å². The quantitative estimate of drug-likeness (QED) is 0.768. The van der Waals surface area contributed by atoms with Crippen LogP contribution < -0.4 is 15.0 Å². The number of amides is 2. The summed E-state index contributed by atoms with van der Waals surface area (Å²) in [6.45, 7) is 2.07. The van der Waals surface area contributed by atoms with Gasteiger partial charge in [0.15, 0.2) is 9.84 Å². The molecule has 0 aliphatic carbocycles. The van der Waals surface area contributed by atoms with Crippen LogP contribution in [-0.2, 0) is 19.4 Å². The number of aryl methyl sites for hydroxylation is 1. The van der Waals surface area contributed by atoms with Gasteiger partial charge in [0.05, 0.1) is 36.3 Å². The molecule has 1 N–H and O–H groups in total. The second-order valence-electron chi connectivity index (χ2n) is 7.77. The van der Waals surface area contributed by atoms with Crippen molar-refractivity contribution in [2.24, 2.45) is 5.92 Å². The molecule has 30 heavy (non-hydrogen) atoms. The Bertz CT molecular complexity index is 1080. The van der Waals surface area contributed by atoms with Crippen LogP contribution in [0.5, 0.6) is 5.75 Å². The lowest BCUT2D eigenvalue weighted by atomic mass is 10.1. The Morgan fingerprint density at radius 2 is 2.00 bits per heavy atom. The highest BCUT2D eigenvalue weighted by Gasteiger charge is 2.36. The molecule has 1 aromatic carbocycles. The number of nitrogens with one attached hydrogen (secondary N) is 1. The van der Waals surface area contributed by atoms with Crippen molar-refractivity contribution in [2.75, 3.05) is 35.4 Å². The highest BCUT2D eigenvalue weighted by atomic mass is 32.2.